The first kappa shape index (κ1) is 16.4. The molecule has 1 N–H and O–H groups in total. The van der Waals surface area contributed by atoms with Crippen molar-refractivity contribution >= 4 is 17.9 Å². The van der Waals surface area contributed by atoms with E-state index in [1.54, 1.807) is 4.90 Å². The Morgan fingerprint density at radius 1 is 1.27 bits per heavy atom. The molecule has 1 aliphatic heterocycles. The molecule has 1 fully saturated rings. The summed E-state index contributed by atoms with van der Waals surface area (Å²) in [7, 11) is 0. The van der Waals surface area contributed by atoms with Gasteiger partial charge in [-0.15, -0.1) is 0 Å². The fourth-order valence-electron chi connectivity index (χ4n) is 3.19. The molecule has 0 spiro atoms. The van der Waals surface area contributed by atoms with E-state index in [1.165, 1.54) is 5.69 Å². The van der Waals surface area contributed by atoms with Crippen LogP contribution in [0.1, 0.15) is 39.2 Å². The number of hydrogen-bond acceptors (Lipinski definition) is 2. The smallest absolute Gasteiger partial charge is 0.407 e. The summed E-state index contributed by atoms with van der Waals surface area (Å²) in [5.41, 5.74) is 1.95. The normalized spacial score (nSPS) is 16.4. The Balaban J connectivity index is 2.02. The number of carbonyl (C=O) groups is 1. The summed E-state index contributed by atoms with van der Waals surface area (Å²) in [5, 5.41) is 9.50. The number of rotatable bonds is 3. The Morgan fingerprint density at radius 3 is 2.23 bits per heavy atom. The topological polar surface area (TPSA) is 43.8 Å². The highest BCUT2D eigenvalue weighted by Gasteiger charge is 2.35. The third kappa shape index (κ3) is 3.62. The van der Waals surface area contributed by atoms with Gasteiger partial charge in [-0.3, -0.25) is 0 Å². The lowest BCUT2D eigenvalue weighted by Gasteiger charge is -2.44. The van der Waals surface area contributed by atoms with Gasteiger partial charge >= 0.3 is 6.09 Å². The van der Waals surface area contributed by atoms with Crippen molar-refractivity contribution < 1.29 is 9.90 Å². The van der Waals surface area contributed by atoms with Crippen LogP contribution in [-0.4, -0.2) is 40.8 Å². The molecule has 120 valence electrons. The highest BCUT2D eigenvalue weighted by Crippen LogP contribution is 2.27. The van der Waals surface area contributed by atoms with Crippen molar-refractivity contribution in [3.05, 3.63) is 36.4 Å². The number of anilines is 1. The van der Waals surface area contributed by atoms with Gasteiger partial charge in [0.15, 0.2) is 0 Å². The van der Waals surface area contributed by atoms with Crippen LogP contribution < -0.4 is 4.90 Å². The van der Waals surface area contributed by atoms with Gasteiger partial charge in [-0.25, -0.2) is 4.79 Å². The summed E-state index contributed by atoms with van der Waals surface area (Å²) >= 11 is 0. The summed E-state index contributed by atoms with van der Waals surface area (Å²) in [4.78, 5) is 15.5. The standard InChI is InChI=1S/C18H26N2O2/c1-5-14-6-8-15(9-7-14)19-12-10-16(11-13-19)20(17(21)22)18(2,3)4/h5-9,16H,1,10-13H2,2-4H3,(H,21,22). The van der Waals surface area contributed by atoms with Crippen LogP contribution in [0.3, 0.4) is 0 Å². The number of hydrogen-bond donors (Lipinski definition) is 1. The minimum Gasteiger partial charge on any atom is -0.465 e. The lowest BCUT2D eigenvalue weighted by Crippen LogP contribution is -2.54. The van der Waals surface area contributed by atoms with Crippen LogP contribution in [-0.2, 0) is 0 Å². The third-order valence-electron chi connectivity index (χ3n) is 4.25. The minimum absolute atomic E-state index is 0.0983. The molecule has 2 rings (SSSR count). The van der Waals surface area contributed by atoms with Gasteiger partial charge in [0.05, 0.1) is 0 Å². The predicted molar refractivity (Wildman–Crippen MR) is 91.4 cm³/mol. The maximum absolute atomic E-state index is 11.6. The average molecular weight is 302 g/mol. The molecule has 4 nitrogen and oxygen atoms in total. The Kier molecular flexibility index (Phi) is 4.79. The van der Waals surface area contributed by atoms with E-state index in [1.807, 2.05) is 26.8 Å². The summed E-state index contributed by atoms with van der Waals surface area (Å²) in [5.74, 6) is 0. The van der Waals surface area contributed by atoms with Gasteiger partial charge in [-0.2, -0.15) is 0 Å². The quantitative estimate of drug-likeness (QED) is 0.915. The van der Waals surface area contributed by atoms with E-state index < -0.39 is 6.09 Å². The summed E-state index contributed by atoms with van der Waals surface area (Å²) in [6.45, 7) is 11.4. The van der Waals surface area contributed by atoms with Gasteiger partial charge in [0.2, 0.25) is 0 Å². The highest BCUT2D eigenvalue weighted by molar-refractivity contribution is 5.66. The Labute approximate surface area is 133 Å². The van der Waals surface area contributed by atoms with Gasteiger partial charge in [0.1, 0.15) is 0 Å². The molecule has 1 aromatic rings. The molecule has 0 bridgehead atoms. The molecule has 1 aromatic carbocycles. The van der Waals surface area contributed by atoms with Crippen LogP contribution in [0.5, 0.6) is 0 Å². The molecule has 1 amide bonds. The molecule has 1 saturated heterocycles. The van der Waals surface area contributed by atoms with Gasteiger partial charge in [0, 0.05) is 30.4 Å². The second kappa shape index (κ2) is 6.42. The first-order chi connectivity index (χ1) is 10.3. The predicted octanol–water partition coefficient (Wildman–Crippen LogP) is 4.08. The average Bonchev–Trinajstić information content (AvgIpc) is 2.46. The molecule has 4 heteroatoms. The Morgan fingerprint density at radius 2 is 1.82 bits per heavy atom. The van der Waals surface area contributed by atoms with E-state index in [2.05, 4.69) is 35.7 Å². The lowest BCUT2D eigenvalue weighted by molar-refractivity contribution is 0.0616. The van der Waals surface area contributed by atoms with Crippen LogP contribution in [0.4, 0.5) is 10.5 Å². The molecule has 0 saturated carbocycles. The van der Waals surface area contributed by atoms with Crippen molar-refractivity contribution in [3.8, 4) is 0 Å². The van der Waals surface area contributed by atoms with Crippen LogP contribution >= 0.6 is 0 Å². The molecule has 0 atom stereocenters. The maximum Gasteiger partial charge on any atom is 0.407 e. The summed E-state index contributed by atoms with van der Waals surface area (Å²) in [6, 6.07) is 8.44. The maximum atomic E-state index is 11.6. The lowest BCUT2D eigenvalue weighted by atomic mass is 9.96. The van der Waals surface area contributed by atoms with Crippen molar-refractivity contribution in [1.82, 2.24) is 4.90 Å². The van der Waals surface area contributed by atoms with Crippen LogP contribution in [0.2, 0.25) is 0 Å². The zero-order valence-electron chi connectivity index (χ0n) is 13.7. The van der Waals surface area contributed by atoms with Gasteiger partial charge in [-0.05, 0) is 51.3 Å². The van der Waals surface area contributed by atoms with E-state index in [-0.39, 0.29) is 11.6 Å². The number of benzene rings is 1. The molecule has 0 radical (unpaired) electrons. The van der Waals surface area contributed by atoms with Crippen LogP contribution in [0.15, 0.2) is 30.8 Å². The summed E-state index contributed by atoms with van der Waals surface area (Å²) in [6.07, 6.45) is 2.75. The molecule has 0 aromatic heterocycles. The largest absolute Gasteiger partial charge is 0.465 e. The van der Waals surface area contributed by atoms with E-state index in [0.717, 1.165) is 31.5 Å². The minimum atomic E-state index is -0.818. The van der Waals surface area contributed by atoms with E-state index in [4.69, 9.17) is 0 Å². The van der Waals surface area contributed by atoms with Gasteiger partial charge in [0.25, 0.3) is 0 Å². The first-order valence-electron chi connectivity index (χ1n) is 7.82. The third-order valence-corrected chi connectivity index (χ3v) is 4.25. The van der Waals surface area contributed by atoms with Crippen molar-refractivity contribution in [1.29, 1.82) is 0 Å². The zero-order valence-corrected chi connectivity index (χ0v) is 13.7. The number of carboxylic acid groups (broad SMARTS) is 1. The van der Waals surface area contributed by atoms with Crippen molar-refractivity contribution in [2.45, 2.75) is 45.2 Å². The van der Waals surface area contributed by atoms with E-state index in [0.29, 0.717) is 0 Å². The molecule has 0 unspecified atom stereocenters. The first-order valence-corrected chi connectivity index (χ1v) is 7.82. The van der Waals surface area contributed by atoms with Crippen LogP contribution in [0, 0.1) is 0 Å². The van der Waals surface area contributed by atoms with Crippen molar-refractivity contribution in [2.75, 3.05) is 18.0 Å². The van der Waals surface area contributed by atoms with Gasteiger partial charge in [-0.1, -0.05) is 24.8 Å². The Hall–Kier alpha value is -1.97. The second-order valence-corrected chi connectivity index (χ2v) is 6.84. The van der Waals surface area contributed by atoms with Crippen molar-refractivity contribution in [2.24, 2.45) is 0 Å². The van der Waals surface area contributed by atoms with Gasteiger partial charge < -0.3 is 14.9 Å². The highest BCUT2D eigenvalue weighted by atomic mass is 16.4. The summed E-state index contributed by atoms with van der Waals surface area (Å²) < 4.78 is 0. The molecule has 22 heavy (non-hydrogen) atoms. The zero-order chi connectivity index (χ0) is 16.3. The molecule has 1 aliphatic rings. The van der Waals surface area contributed by atoms with Crippen molar-refractivity contribution in [3.63, 3.8) is 0 Å². The molecule has 0 aliphatic carbocycles. The Bertz CT molecular complexity index is 523. The molecule has 1 heterocycles. The monoisotopic (exact) mass is 302 g/mol. The van der Waals surface area contributed by atoms with E-state index >= 15 is 0 Å². The molecular formula is C18H26N2O2. The van der Waals surface area contributed by atoms with Crippen LogP contribution in [0.25, 0.3) is 6.08 Å². The van der Waals surface area contributed by atoms with E-state index in [9.17, 15) is 9.90 Å². The number of nitrogens with zero attached hydrogens (tertiary/aromatic N) is 2. The SMILES string of the molecule is C=Cc1ccc(N2CCC(N(C(=O)O)C(C)(C)C)CC2)cc1. The number of piperidine rings is 1. The fraction of sp³-hybridized carbons (Fsp3) is 0.500. The molecular weight excluding hydrogens is 276 g/mol. The second-order valence-electron chi connectivity index (χ2n) is 6.84. The number of amides is 1. The fourth-order valence-corrected chi connectivity index (χ4v) is 3.19.